The third-order valence-corrected chi connectivity index (χ3v) is 3.14. The number of hydrogen-bond donors (Lipinski definition) is 1. The van der Waals surface area contributed by atoms with Crippen molar-refractivity contribution < 1.29 is 14.6 Å². The molecule has 80 valence electrons. The molecule has 0 spiro atoms. The number of carbonyl (C=O) groups is 1. The van der Waals surface area contributed by atoms with Crippen LogP contribution in [0.2, 0.25) is 0 Å². The van der Waals surface area contributed by atoms with Crippen LogP contribution in [0.3, 0.4) is 0 Å². The lowest BCUT2D eigenvalue weighted by Crippen LogP contribution is -2.23. The topological polar surface area (TPSA) is 46.5 Å². The lowest BCUT2D eigenvalue weighted by atomic mass is 9.93. The van der Waals surface area contributed by atoms with E-state index in [1.807, 2.05) is 30.3 Å². The quantitative estimate of drug-likeness (QED) is 0.815. The molecule has 1 N–H and O–H groups in total. The first kappa shape index (κ1) is 10.2. The second-order valence-electron chi connectivity index (χ2n) is 4.00. The molecular formula is C12H14O3. The van der Waals surface area contributed by atoms with E-state index in [1.165, 1.54) is 0 Å². The van der Waals surface area contributed by atoms with Gasteiger partial charge < -0.3 is 9.84 Å². The standard InChI is InChI=1S/C12H14O3/c1-15-8-10-7-12(10,11(13)14)9-5-3-2-4-6-9/h2-6,10H,7-8H2,1H3,(H,13,14)/t10-,12+/m1/s1. The van der Waals surface area contributed by atoms with Crippen molar-refractivity contribution in [1.29, 1.82) is 0 Å². The maximum absolute atomic E-state index is 11.3. The van der Waals surface area contributed by atoms with E-state index in [-0.39, 0.29) is 5.92 Å². The van der Waals surface area contributed by atoms with Gasteiger partial charge in [-0.1, -0.05) is 30.3 Å². The van der Waals surface area contributed by atoms with E-state index in [2.05, 4.69) is 0 Å². The highest BCUT2D eigenvalue weighted by Gasteiger charge is 2.61. The summed E-state index contributed by atoms with van der Waals surface area (Å²) in [6, 6.07) is 9.41. The predicted octanol–water partition coefficient (Wildman–Crippen LogP) is 1.68. The summed E-state index contributed by atoms with van der Waals surface area (Å²) < 4.78 is 5.03. The van der Waals surface area contributed by atoms with Crippen LogP contribution in [0.4, 0.5) is 0 Å². The van der Waals surface area contributed by atoms with E-state index >= 15 is 0 Å². The normalized spacial score (nSPS) is 28.7. The van der Waals surface area contributed by atoms with Crippen molar-refractivity contribution >= 4 is 5.97 Å². The third kappa shape index (κ3) is 1.53. The molecule has 0 heterocycles. The summed E-state index contributed by atoms with van der Waals surface area (Å²) in [6.07, 6.45) is 0.681. The lowest BCUT2D eigenvalue weighted by Gasteiger charge is -2.12. The van der Waals surface area contributed by atoms with Crippen LogP contribution in [0.25, 0.3) is 0 Å². The maximum Gasteiger partial charge on any atom is 0.314 e. The Balaban J connectivity index is 2.28. The lowest BCUT2D eigenvalue weighted by molar-refractivity contribution is -0.140. The highest BCUT2D eigenvalue weighted by atomic mass is 16.5. The maximum atomic E-state index is 11.3. The van der Waals surface area contributed by atoms with Crippen molar-refractivity contribution in [2.45, 2.75) is 11.8 Å². The van der Waals surface area contributed by atoms with E-state index in [0.29, 0.717) is 13.0 Å². The van der Waals surface area contributed by atoms with Gasteiger partial charge in [-0.25, -0.2) is 0 Å². The van der Waals surface area contributed by atoms with Crippen LogP contribution in [-0.4, -0.2) is 24.8 Å². The van der Waals surface area contributed by atoms with Gasteiger partial charge in [-0.15, -0.1) is 0 Å². The SMILES string of the molecule is COC[C@H]1C[C@]1(C(=O)O)c1ccccc1. The highest BCUT2D eigenvalue weighted by molar-refractivity contribution is 5.85. The summed E-state index contributed by atoms with van der Waals surface area (Å²) in [4.78, 5) is 11.3. The van der Waals surface area contributed by atoms with Crippen LogP contribution in [0.5, 0.6) is 0 Å². The number of rotatable bonds is 4. The summed E-state index contributed by atoms with van der Waals surface area (Å²) in [6.45, 7) is 0.515. The first-order chi connectivity index (χ1) is 7.21. The van der Waals surface area contributed by atoms with Crippen LogP contribution in [-0.2, 0) is 14.9 Å². The molecule has 2 rings (SSSR count). The van der Waals surface area contributed by atoms with E-state index < -0.39 is 11.4 Å². The Morgan fingerprint density at radius 1 is 1.53 bits per heavy atom. The number of aliphatic carboxylic acids is 1. The largest absolute Gasteiger partial charge is 0.481 e. The molecule has 0 amide bonds. The molecule has 15 heavy (non-hydrogen) atoms. The van der Waals surface area contributed by atoms with Gasteiger partial charge in [0.25, 0.3) is 0 Å². The van der Waals surface area contributed by atoms with E-state index in [4.69, 9.17) is 4.74 Å². The minimum atomic E-state index is -0.740. The zero-order chi connectivity index (χ0) is 10.9. The van der Waals surface area contributed by atoms with Crippen molar-refractivity contribution in [1.82, 2.24) is 0 Å². The van der Waals surface area contributed by atoms with Crippen molar-refractivity contribution in [2.24, 2.45) is 5.92 Å². The monoisotopic (exact) mass is 206 g/mol. The van der Waals surface area contributed by atoms with Crippen molar-refractivity contribution in [3.63, 3.8) is 0 Å². The highest BCUT2D eigenvalue weighted by Crippen LogP contribution is 2.54. The first-order valence-electron chi connectivity index (χ1n) is 4.99. The van der Waals surface area contributed by atoms with E-state index in [0.717, 1.165) is 5.56 Å². The fourth-order valence-electron chi connectivity index (χ4n) is 2.21. The average Bonchev–Trinajstić information content (AvgIpc) is 2.96. The van der Waals surface area contributed by atoms with Crippen molar-refractivity contribution in [2.75, 3.05) is 13.7 Å². The van der Waals surface area contributed by atoms with Crippen molar-refractivity contribution in [3.05, 3.63) is 35.9 Å². The Labute approximate surface area is 88.7 Å². The van der Waals surface area contributed by atoms with Gasteiger partial charge in [0.2, 0.25) is 0 Å². The number of carboxylic acids is 1. The fraction of sp³-hybridized carbons (Fsp3) is 0.417. The van der Waals surface area contributed by atoms with Gasteiger partial charge in [0.05, 0.1) is 12.0 Å². The summed E-state index contributed by atoms with van der Waals surface area (Å²) >= 11 is 0. The van der Waals surface area contributed by atoms with Crippen LogP contribution >= 0.6 is 0 Å². The Morgan fingerprint density at radius 3 is 2.73 bits per heavy atom. The molecule has 0 radical (unpaired) electrons. The molecule has 0 saturated heterocycles. The number of ether oxygens (including phenoxy) is 1. The van der Waals surface area contributed by atoms with Gasteiger partial charge >= 0.3 is 5.97 Å². The van der Waals surface area contributed by atoms with E-state index in [9.17, 15) is 9.90 Å². The second-order valence-corrected chi connectivity index (χ2v) is 4.00. The third-order valence-electron chi connectivity index (χ3n) is 3.14. The summed E-state index contributed by atoms with van der Waals surface area (Å²) in [5.41, 5.74) is 0.191. The van der Waals surface area contributed by atoms with Crippen molar-refractivity contribution in [3.8, 4) is 0 Å². The Bertz CT molecular complexity index is 360. The predicted molar refractivity (Wildman–Crippen MR) is 55.7 cm³/mol. The van der Waals surface area contributed by atoms with Crippen LogP contribution < -0.4 is 0 Å². The van der Waals surface area contributed by atoms with Crippen LogP contribution in [0.1, 0.15) is 12.0 Å². The summed E-state index contributed by atoms with van der Waals surface area (Å²) in [7, 11) is 1.61. The molecule has 0 bridgehead atoms. The Morgan fingerprint density at radius 2 is 2.20 bits per heavy atom. The molecule has 0 aromatic heterocycles. The molecule has 1 fully saturated rings. The second kappa shape index (κ2) is 3.66. The van der Waals surface area contributed by atoms with Gasteiger partial charge in [-0.2, -0.15) is 0 Å². The number of benzene rings is 1. The van der Waals surface area contributed by atoms with E-state index in [1.54, 1.807) is 7.11 Å². The molecular weight excluding hydrogens is 192 g/mol. The number of hydrogen-bond acceptors (Lipinski definition) is 2. The van der Waals surface area contributed by atoms with Crippen LogP contribution in [0, 0.1) is 5.92 Å². The number of methoxy groups -OCH3 is 1. The van der Waals surface area contributed by atoms with Gasteiger partial charge in [0.15, 0.2) is 0 Å². The zero-order valence-corrected chi connectivity index (χ0v) is 8.64. The minimum Gasteiger partial charge on any atom is -0.481 e. The van der Waals surface area contributed by atoms with Gasteiger partial charge in [0, 0.05) is 13.0 Å². The molecule has 3 nitrogen and oxygen atoms in total. The van der Waals surface area contributed by atoms with Gasteiger partial charge in [0.1, 0.15) is 0 Å². The first-order valence-corrected chi connectivity index (χ1v) is 4.99. The minimum absolute atomic E-state index is 0.113. The summed E-state index contributed by atoms with van der Waals surface area (Å²) in [5.74, 6) is -0.627. The molecule has 1 saturated carbocycles. The number of carboxylic acid groups (broad SMARTS) is 1. The molecule has 1 aromatic carbocycles. The summed E-state index contributed by atoms with van der Waals surface area (Å²) in [5, 5.41) is 9.30. The molecule has 0 unspecified atom stereocenters. The fourth-order valence-corrected chi connectivity index (χ4v) is 2.21. The van der Waals surface area contributed by atoms with Gasteiger partial charge in [-0.05, 0) is 12.0 Å². The Kier molecular flexibility index (Phi) is 2.49. The molecule has 3 heteroatoms. The molecule has 2 atom stereocenters. The molecule has 1 aliphatic carbocycles. The van der Waals surface area contributed by atoms with Crippen LogP contribution in [0.15, 0.2) is 30.3 Å². The average molecular weight is 206 g/mol. The molecule has 0 aliphatic heterocycles. The zero-order valence-electron chi connectivity index (χ0n) is 8.64. The molecule has 1 aliphatic rings. The Hall–Kier alpha value is -1.35. The van der Waals surface area contributed by atoms with Gasteiger partial charge in [-0.3, -0.25) is 4.79 Å². The smallest absolute Gasteiger partial charge is 0.314 e. The molecule has 1 aromatic rings.